The lowest BCUT2D eigenvalue weighted by atomic mass is 9.89. The van der Waals surface area contributed by atoms with Gasteiger partial charge < -0.3 is 10.2 Å². The Morgan fingerprint density at radius 2 is 2.05 bits per heavy atom. The number of aromatic nitrogens is 2. The first-order valence-electron chi connectivity index (χ1n) is 7.40. The fourth-order valence-electron chi connectivity index (χ4n) is 3.74. The molecule has 0 radical (unpaired) electrons. The summed E-state index contributed by atoms with van der Waals surface area (Å²) in [6.45, 7) is 2.80. The minimum absolute atomic E-state index is 0.0516. The first-order chi connectivity index (χ1) is 10.3. The maximum Gasteiger partial charge on any atom is 0.272 e. The van der Waals surface area contributed by atoms with Crippen molar-refractivity contribution in [3.8, 4) is 0 Å². The molecule has 1 amide bonds. The van der Waals surface area contributed by atoms with E-state index in [1.807, 2.05) is 23.1 Å². The van der Waals surface area contributed by atoms with Crippen LogP contribution in [-0.4, -0.2) is 40.6 Å². The molecule has 2 N–H and O–H groups in total. The summed E-state index contributed by atoms with van der Waals surface area (Å²) in [5.74, 6) is 1.09. The molecule has 0 bridgehead atoms. The Morgan fingerprint density at radius 1 is 1.19 bits per heavy atom. The topological polar surface area (TPSA) is 61.0 Å². The molecule has 1 aromatic heterocycles. The van der Waals surface area contributed by atoms with E-state index in [4.69, 9.17) is 0 Å². The highest BCUT2D eigenvalue weighted by Crippen LogP contribution is 2.42. The lowest BCUT2D eigenvalue weighted by Crippen LogP contribution is -2.34. The number of aromatic amines is 1. The number of likely N-dealkylation sites (tertiary alicyclic amines) is 1. The van der Waals surface area contributed by atoms with Gasteiger partial charge in [0, 0.05) is 31.7 Å². The van der Waals surface area contributed by atoms with Crippen LogP contribution in [-0.2, 0) is 0 Å². The van der Waals surface area contributed by atoms with Crippen LogP contribution in [0.15, 0.2) is 42.6 Å². The lowest BCUT2D eigenvalue weighted by molar-refractivity contribution is 0.0708. The molecule has 5 heteroatoms. The van der Waals surface area contributed by atoms with Crippen molar-refractivity contribution < 1.29 is 4.79 Å². The number of hydrogen-bond acceptors (Lipinski definition) is 3. The summed E-state index contributed by atoms with van der Waals surface area (Å²) in [6.07, 6.45) is 1.63. The number of fused-ring (bicyclic) bond motifs is 1. The van der Waals surface area contributed by atoms with Gasteiger partial charge in [0.2, 0.25) is 0 Å². The van der Waals surface area contributed by atoms with Gasteiger partial charge in [-0.15, -0.1) is 0 Å². The smallest absolute Gasteiger partial charge is 0.272 e. The van der Waals surface area contributed by atoms with Crippen molar-refractivity contribution in [1.82, 2.24) is 20.4 Å². The van der Waals surface area contributed by atoms with Gasteiger partial charge in [0.05, 0.1) is 6.04 Å². The summed E-state index contributed by atoms with van der Waals surface area (Å²) >= 11 is 0. The monoisotopic (exact) mass is 282 g/mol. The number of rotatable bonds is 2. The van der Waals surface area contributed by atoms with E-state index in [2.05, 4.69) is 27.6 Å². The minimum atomic E-state index is 0.0516. The van der Waals surface area contributed by atoms with Crippen molar-refractivity contribution in [2.75, 3.05) is 19.6 Å². The number of benzene rings is 1. The number of carbonyl (C=O) groups is 1. The van der Waals surface area contributed by atoms with Gasteiger partial charge in [-0.25, -0.2) is 0 Å². The molecule has 5 nitrogen and oxygen atoms in total. The molecule has 0 unspecified atom stereocenters. The van der Waals surface area contributed by atoms with Crippen LogP contribution in [0, 0.1) is 11.8 Å². The van der Waals surface area contributed by atoms with E-state index in [9.17, 15) is 4.79 Å². The Bertz CT molecular complexity index is 625. The number of nitrogens with zero attached hydrogens (tertiary/aromatic N) is 2. The predicted octanol–water partition coefficient (Wildman–Crippen LogP) is 1.44. The second kappa shape index (κ2) is 5.00. The molecule has 4 rings (SSSR count). The van der Waals surface area contributed by atoms with E-state index < -0.39 is 0 Å². The van der Waals surface area contributed by atoms with Crippen LogP contribution in [0.5, 0.6) is 0 Å². The summed E-state index contributed by atoms with van der Waals surface area (Å²) in [6, 6.07) is 12.3. The van der Waals surface area contributed by atoms with E-state index in [0.717, 1.165) is 19.6 Å². The van der Waals surface area contributed by atoms with E-state index in [-0.39, 0.29) is 11.9 Å². The van der Waals surface area contributed by atoms with E-state index in [1.165, 1.54) is 5.56 Å². The summed E-state index contributed by atoms with van der Waals surface area (Å²) in [4.78, 5) is 14.8. The standard InChI is InChI=1S/C16H18N4O/c21-16(14-6-7-18-19-14)20-10-12-8-17-9-13(12)15(20)11-4-2-1-3-5-11/h1-7,12-13,15,17H,8-10H2,(H,18,19)/t12-,13-,15+/m0/s1. The number of hydrogen-bond donors (Lipinski definition) is 2. The first kappa shape index (κ1) is 12.6. The third-order valence-electron chi connectivity index (χ3n) is 4.70. The average molecular weight is 282 g/mol. The molecule has 3 heterocycles. The molecule has 2 saturated heterocycles. The van der Waals surface area contributed by atoms with Crippen LogP contribution in [0.1, 0.15) is 22.1 Å². The quantitative estimate of drug-likeness (QED) is 0.876. The van der Waals surface area contributed by atoms with Gasteiger partial charge in [0.25, 0.3) is 5.91 Å². The average Bonchev–Trinajstić information content (AvgIpc) is 3.23. The summed E-state index contributed by atoms with van der Waals surface area (Å²) in [7, 11) is 0. The van der Waals surface area contributed by atoms with E-state index in [1.54, 1.807) is 12.3 Å². The normalized spacial score (nSPS) is 27.8. The minimum Gasteiger partial charge on any atom is -0.330 e. The molecule has 2 fully saturated rings. The van der Waals surface area contributed by atoms with Gasteiger partial charge in [0.1, 0.15) is 5.69 Å². The zero-order valence-corrected chi connectivity index (χ0v) is 11.7. The molecule has 3 atom stereocenters. The van der Waals surface area contributed by atoms with Gasteiger partial charge in [-0.2, -0.15) is 5.10 Å². The number of amides is 1. The van der Waals surface area contributed by atoms with Crippen molar-refractivity contribution >= 4 is 5.91 Å². The van der Waals surface area contributed by atoms with Crippen molar-refractivity contribution in [3.05, 3.63) is 53.9 Å². The van der Waals surface area contributed by atoms with Gasteiger partial charge in [-0.3, -0.25) is 9.89 Å². The Kier molecular flexibility index (Phi) is 3.00. The summed E-state index contributed by atoms with van der Waals surface area (Å²) < 4.78 is 0. The van der Waals surface area contributed by atoms with Crippen LogP contribution in [0.4, 0.5) is 0 Å². The molecule has 108 valence electrons. The van der Waals surface area contributed by atoms with Gasteiger partial charge in [-0.1, -0.05) is 30.3 Å². The molecule has 0 saturated carbocycles. The summed E-state index contributed by atoms with van der Waals surface area (Å²) in [5, 5.41) is 10.2. The number of carbonyl (C=O) groups excluding carboxylic acids is 1. The lowest BCUT2D eigenvalue weighted by Gasteiger charge is -2.28. The Hall–Kier alpha value is -2.14. The second-order valence-corrected chi connectivity index (χ2v) is 5.87. The van der Waals surface area contributed by atoms with E-state index in [0.29, 0.717) is 17.5 Å². The number of nitrogens with one attached hydrogen (secondary N) is 2. The fourth-order valence-corrected chi connectivity index (χ4v) is 3.74. The Labute approximate surface area is 123 Å². The third-order valence-corrected chi connectivity index (χ3v) is 4.70. The Balaban J connectivity index is 1.70. The van der Waals surface area contributed by atoms with Crippen LogP contribution in [0.2, 0.25) is 0 Å². The van der Waals surface area contributed by atoms with Crippen molar-refractivity contribution in [2.24, 2.45) is 11.8 Å². The first-order valence-corrected chi connectivity index (χ1v) is 7.40. The molecular weight excluding hydrogens is 264 g/mol. The molecule has 2 aliphatic rings. The van der Waals surface area contributed by atoms with E-state index >= 15 is 0 Å². The van der Waals surface area contributed by atoms with Crippen LogP contribution in [0.3, 0.4) is 0 Å². The molecule has 0 aliphatic carbocycles. The molecule has 0 spiro atoms. The SMILES string of the molecule is O=C(c1ccn[nH]1)N1C[C@@H]2CNC[C@@H]2[C@H]1c1ccccc1. The van der Waals surface area contributed by atoms with Crippen LogP contribution < -0.4 is 5.32 Å². The van der Waals surface area contributed by atoms with Crippen molar-refractivity contribution in [1.29, 1.82) is 0 Å². The van der Waals surface area contributed by atoms with Crippen LogP contribution in [0.25, 0.3) is 0 Å². The predicted molar refractivity (Wildman–Crippen MR) is 78.7 cm³/mol. The maximum atomic E-state index is 12.8. The van der Waals surface area contributed by atoms with Crippen molar-refractivity contribution in [2.45, 2.75) is 6.04 Å². The number of H-pyrrole nitrogens is 1. The zero-order valence-electron chi connectivity index (χ0n) is 11.7. The highest BCUT2D eigenvalue weighted by Gasteiger charge is 2.46. The molecule has 2 aromatic rings. The van der Waals surface area contributed by atoms with Crippen molar-refractivity contribution in [3.63, 3.8) is 0 Å². The third kappa shape index (κ3) is 2.05. The largest absolute Gasteiger partial charge is 0.330 e. The highest BCUT2D eigenvalue weighted by molar-refractivity contribution is 5.92. The Morgan fingerprint density at radius 3 is 2.81 bits per heavy atom. The summed E-state index contributed by atoms with van der Waals surface area (Å²) in [5.41, 5.74) is 1.80. The molecule has 1 aromatic carbocycles. The second-order valence-electron chi connectivity index (χ2n) is 5.87. The molecule has 2 aliphatic heterocycles. The highest BCUT2D eigenvalue weighted by atomic mass is 16.2. The van der Waals surface area contributed by atoms with Gasteiger partial charge in [-0.05, 0) is 17.5 Å². The van der Waals surface area contributed by atoms with Gasteiger partial charge in [0.15, 0.2) is 0 Å². The maximum absolute atomic E-state index is 12.8. The fraction of sp³-hybridized carbons (Fsp3) is 0.375. The molecular formula is C16H18N4O. The van der Waals surface area contributed by atoms with Gasteiger partial charge >= 0.3 is 0 Å². The van der Waals surface area contributed by atoms with Crippen LogP contribution >= 0.6 is 0 Å². The molecule has 21 heavy (non-hydrogen) atoms. The zero-order chi connectivity index (χ0) is 14.2.